The Bertz CT molecular complexity index is 1290. The third-order valence-electron chi connectivity index (χ3n) is 8.65. The first-order valence-electron chi connectivity index (χ1n) is 13.7. The summed E-state index contributed by atoms with van der Waals surface area (Å²) in [5, 5.41) is 6.45. The lowest BCUT2D eigenvalue weighted by atomic mass is 9.76. The molecule has 40 heavy (non-hydrogen) atoms. The van der Waals surface area contributed by atoms with Gasteiger partial charge in [-0.15, -0.1) is 24.8 Å². The fourth-order valence-corrected chi connectivity index (χ4v) is 6.62. The van der Waals surface area contributed by atoms with E-state index < -0.39 is 5.54 Å². The third-order valence-corrected chi connectivity index (χ3v) is 8.65. The normalized spacial score (nSPS) is 21.5. The molecule has 1 aromatic heterocycles. The van der Waals surface area contributed by atoms with Crippen molar-refractivity contribution in [2.75, 3.05) is 31.2 Å². The highest BCUT2D eigenvalue weighted by molar-refractivity contribution is 5.93. The van der Waals surface area contributed by atoms with E-state index >= 15 is 0 Å². The highest BCUT2D eigenvalue weighted by Crippen LogP contribution is 2.37. The Balaban J connectivity index is 0.00000185. The number of hydrogen-bond acceptors (Lipinski definition) is 5. The molecule has 0 unspecified atom stereocenters. The van der Waals surface area contributed by atoms with E-state index in [1.807, 2.05) is 30.5 Å². The smallest absolute Gasteiger partial charge is 0.247 e. The fourth-order valence-electron chi connectivity index (χ4n) is 6.62. The summed E-state index contributed by atoms with van der Waals surface area (Å²) < 4.78 is 0. The molecule has 7 nitrogen and oxygen atoms in total. The first-order chi connectivity index (χ1) is 18.6. The van der Waals surface area contributed by atoms with Gasteiger partial charge in [0.25, 0.3) is 0 Å². The SMILES string of the molecule is Cl.Cl.O=C(CN1CCC2(CC1)C(=O)NCN2c1ccccc1)N[C@@H]1CCc2ccccc2[C@@H]1Cc1cccnc1. The van der Waals surface area contributed by atoms with Crippen molar-refractivity contribution >= 4 is 42.3 Å². The third kappa shape index (κ3) is 5.97. The minimum atomic E-state index is -0.532. The van der Waals surface area contributed by atoms with Crippen LogP contribution in [0.25, 0.3) is 0 Å². The maximum Gasteiger partial charge on any atom is 0.247 e. The second-order valence-corrected chi connectivity index (χ2v) is 10.8. The average Bonchev–Trinajstić information content (AvgIpc) is 3.27. The Labute approximate surface area is 248 Å². The minimum Gasteiger partial charge on any atom is -0.352 e. The first-order valence-corrected chi connectivity index (χ1v) is 13.7. The van der Waals surface area contributed by atoms with E-state index in [0.717, 1.165) is 38.0 Å². The van der Waals surface area contributed by atoms with Gasteiger partial charge in [-0.05, 0) is 67.0 Å². The van der Waals surface area contributed by atoms with Crippen LogP contribution in [0.2, 0.25) is 0 Å². The summed E-state index contributed by atoms with van der Waals surface area (Å²) in [5.74, 6) is 0.390. The quantitative estimate of drug-likeness (QED) is 0.458. The van der Waals surface area contributed by atoms with Crippen LogP contribution in [0, 0.1) is 0 Å². The molecule has 0 radical (unpaired) electrons. The van der Waals surface area contributed by atoms with Crippen LogP contribution < -0.4 is 15.5 Å². The number of nitrogens with zero attached hydrogens (tertiary/aromatic N) is 3. The zero-order chi connectivity index (χ0) is 26.0. The zero-order valence-corrected chi connectivity index (χ0v) is 24.1. The number of nitrogens with one attached hydrogen (secondary N) is 2. The number of pyridine rings is 1. The molecule has 1 aliphatic carbocycles. The number of hydrogen-bond donors (Lipinski definition) is 2. The van der Waals surface area contributed by atoms with Crippen molar-refractivity contribution in [3.63, 3.8) is 0 Å². The van der Waals surface area contributed by atoms with Gasteiger partial charge < -0.3 is 15.5 Å². The van der Waals surface area contributed by atoms with Crippen molar-refractivity contribution in [2.45, 2.75) is 49.6 Å². The topological polar surface area (TPSA) is 77.6 Å². The van der Waals surface area contributed by atoms with Gasteiger partial charge in [-0.1, -0.05) is 48.5 Å². The van der Waals surface area contributed by atoms with E-state index in [1.54, 1.807) is 6.20 Å². The number of fused-ring (bicyclic) bond motifs is 1. The number of piperidine rings is 1. The molecule has 2 aliphatic heterocycles. The molecule has 3 heterocycles. The molecule has 0 bridgehead atoms. The van der Waals surface area contributed by atoms with Crippen LogP contribution in [0.3, 0.4) is 0 Å². The molecular formula is C31H37Cl2N5O2. The number of benzene rings is 2. The van der Waals surface area contributed by atoms with Crippen molar-refractivity contribution in [2.24, 2.45) is 0 Å². The maximum absolute atomic E-state index is 13.3. The van der Waals surface area contributed by atoms with Gasteiger partial charge in [-0.3, -0.25) is 19.5 Å². The van der Waals surface area contributed by atoms with Gasteiger partial charge in [0.15, 0.2) is 0 Å². The Morgan fingerprint density at radius 2 is 1.75 bits per heavy atom. The molecule has 2 N–H and O–H groups in total. The first kappa shape index (κ1) is 29.8. The molecule has 2 fully saturated rings. The second-order valence-electron chi connectivity index (χ2n) is 10.8. The van der Waals surface area contributed by atoms with Gasteiger partial charge in [0, 0.05) is 43.1 Å². The van der Waals surface area contributed by atoms with Crippen molar-refractivity contribution in [1.82, 2.24) is 20.5 Å². The average molecular weight is 583 g/mol. The summed E-state index contributed by atoms with van der Waals surface area (Å²) >= 11 is 0. The van der Waals surface area contributed by atoms with Crippen LogP contribution in [-0.4, -0.2) is 59.6 Å². The van der Waals surface area contributed by atoms with Crippen LogP contribution in [0.1, 0.15) is 41.9 Å². The zero-order valence-electron chi connectivity index (χ0n) is 22.5. The van der Waals surface area contributed by atoms with Gasteiger partial charge in [0.2, 0.25) is 11.8 Å². The molecule has 2 amide bonds. The number of carbonyl (C=O) groups is 2. The number of rotatable bonds is 6. The largest absolute Gasteiger partial charge is 0.352 e. The Morgan fingerprint density at radius 1 is 1.00 bits per heavy atom. The van der Waals surface area contributed by atoms with Crippen molar-refractivity contribution in [3.8, 4) is 0 Å². The van der Waals surface area contributed by atoms with E-state index in [-0.39, 0.29) is 48.6 Å². The van der Waals surface area contributed by atoms with Gasteiger partial charge in [-0.25, -0.2) is 0 Å². The van der Waals surface area contributed by atoms with Crippen molar-refractivity contribution < 1.29 is 9.59 Å². The Kier molecular flexibility index (Phi) is 9.72. The van der Waals surface area contributed by atoms with E-state index in [9.17, 15) is 9.59 Å². The molecule has 2 aromatic carbocycles. The number of aromatic nitrogens is 1. The molecule has 2 saturated heterocycles. The number of likely N-dealkylation sites (tertiary alicyclic amines) is 1. The lowest BCUT2D eigenvalue weighted by molar-refractivity contribution is -0.126. The van der Waals surface area contributed by atoms with Crippen LogP contribution in [0.4, 0.5) is 5.69 Å². The van der Waals surface area contributed by atoms with E-state index in [4.69, 9.17) is 0 Å². The van der Waals surface area contributed by atoms with Gasteiger partial charge in [-0.2, -0.15) is 0 Å². The molecule has 2 atom stereocenters. The lowest BCUT2D eigenvalue weighted by Crippen LogP contribution is -2.57. The predicted octanol–water partition coefficient (Wildman–Crippen LogP) is 4.11. The summed E-state index contributed by atoms with van der Waals surface area (Å²) in [7, 11) is 0. The summed E-state index contributed by atoms with van der Waals surface area (Å²) in [4.78, 5) is 35.0. The van der Waals surface area contributed by atoms with Gasteiger partial charge in [0.1, 0.15) is 5.54 Å². The number of para-hydroxylation sites is 1. The molecule has 0 saturated carbocycles. The van der Waals surface area contributed by atoms with Gasteiger partial charge >= 0.3 is 0 Å². The minimum absolute atomic E-state index is 0. The molecule has 1 spiro atoms. The number of amides is 2. The Hall–Kier alpha value is -3.13. The number of anilines is 1. The molecule has 9 heteroatoms. The second kappa shape index (κ2) is 13.0. The number of carbonyl (C=O) groups excluding carboxylic acids is 2. The molecule has 3 aromatic rings. The highest BCUT2D eigenvalue weighted by Gasteiger charge is 2.50. The summed E-state index contributed by atoms with van der Waals surface area (Å²) in [6.45, 7) is 2.33. The molecule has 6 rings (SSSR count). The maximum atomic E-state index is 13.3. The standard InChI is InChI=1S/C31H35N5O2.2ClH/c37-29(21-35-17-14-31(15-18-35)30(38)33-22-36(31)25-9-2-1-3-10-25)34-28-13-12-24-8-4-5-11-26(24)27(28)19-23-7-6-16-32-20-23;;/h1-11,16,20,27-28H,12-15,17-19,21-22H2,(H,33,38)(H,34,37);2*1H/t27-,28+;;/m0../s1. The van der Waals surface area contributed by atoms with Crippen LogP contribution in [0.15, 0.2) is 79.1 Å². The number of aryl methyl sites for hydroxylation is 1. The van der Waals surface area contributed by atoms with Crippen molar-refractivity contribution in [1.29, 1.82) is 0 Å². The Morgan fingerprint density at radius 3 is 2.50 bits per heavy atom. The highest BCUT2D eigenvalue weighted by atomic mass is 35.5. The fraction of sp³-hybridized carbons (Fsp3) is 0.387. The summed E-state index contributed by atoms with van der Waals surface area (Å²) in [6.07, 6.45) is 7.91. The number of halogens is 2. The summed E-state index contributed by atoms with van der Waals surface area (Å²) in [5.41, 5.74) is 4.44. The molecule has 3 aliphatic rings. The van der Waals surface area contributed by atoms with E-state index in [2.05, 4.69) is 67.9 Å². The molecular weight excluding hydrogens is 545 g/mol. The van der Waals surface area contributed by atoms with Crippen molar-refractivity contribution in [3.05, 3.63) is 95.8 Å². The van der Waals surface area contributed by atoms with E-state index in [1.165, 1.54) is 16.7 Å². The predicted molar refractivity (Wildman–Crippen MR) is 162 cm³/mol. The summed E-state index contributed by atoms with van der Waals surface area (Å²) in [6, 6.07) is 22.9. The van der Waals surface area contributed by atoms with E-state index in [0.29, 0.717) is 26.1 Å². The van der Waals surface area contributed by atoms with Crippen LogP contribution >= 0.6 is 24.8 Å². The van der Waals surface area contributed by atoms with Crippen LogP contribution in [0.5, 0.6) is 0 Å². The van der Waals surface area contributed by atoms with Crippen LogP contribution in [-0.2, 0) is 22.4 Å². The lowest BCUT2D eigenvalue weighted by Gasteiger charge is -2.43. The monoisotopic (exact) mass is 581 g/mol. The van der Waals surface area contributed by atoms with Gasteiger partial charge in [0.05, 0.1) is 13.2 Å². The molecule has 212 valence electrons.